The van der Waals surface area contributed by atoms with Gasteiger partial charge in [-0.05, 0) is 34.5 Å². The summed E-state index contributed by atoms with van der Waals surface area (Å²) in [5.74, 6) is -0.0600. The molecule has 0 atom stereocenters. The number of amides is 1. The number of nitrogens with one attached hydrogen (secondary N) is 1. The minimum atomic E-state index is -0.0600. The van der Waals surface area contributed by atoms with Crippen molar-refractivity contribution < 1.29 is 4.79 Å². The fourth-order valence-corrected chi connectivity index (χ4v) is 3.16. The van der Waals surface area contributed by atoms with Gasteiger partial charge in [-0.15, -0.1) is 0 Å². The summed E-state index contributed by atoms with van der Waals surface area (Å²) in [5, 5.41) is 3.80. The zero-order valence-corrected chi connectivity index (χ0v) is 14.4. The van der Waals surface area contributed by atoms with Gasteiger partial charge in [0.25, 0.3) is 5.91 Å². The minimum Gasteiger partial charge on any atom is -0.351 e. The molecule has 4 nitrogen and oxygen atoms in total. The highest BCUT2D eigenvalue weighted by Gasteiger charge is 2.15. The molecule has 25 heavy (non-hydrogen) atoms. The summed E-state index contributed by atoms with van der Waals surface area (Å²) in [7, 11) is 1.78. The first-order chi connectivity index (χ1) is 12.1. The maximum absolute atomic E-state index is 12.8. The number of carbonyl (C=O) groups is 1. The van der Waals surface area contributed by atoms with Gasteiger partial charge < -0.3 is 9.88 Å². The molecular weight excluding hydrogens is 334 g/mol. The molecule has 5 heteroatoms. The van der Waals surface area contributed by atoms with Crippen molar-refractivity contribution in [3.63, 3.8) is 0 Å². The summed E-state index contributed by atoms with van der Waals surface area (Å²) < 4.78 is 0. The number of rotatable bonds is 3. The summed E-state index contributed by atoms with van der Waals surface area (Å²) in [5.41, 5.74) is 2.47. The van der Waals surface area contributed by atoms with E-state index in [1.807, 2.05) is 30.3 Å². The molecule has 2 heterocycles. The van der Waals surface area contributed by atoms with Crippen molar-refractivity contribution in [3.8, 4) is 0 Å². The standard InChI is InChI=1S/C20H16ClN3O/c1-24(12-13-6-9-19(21)22-11-13)20(25)18-10-16-15-5-3-2-4-14(15)7-8-17(16)23-18/h2-11,23H,12H2,1H3. The van der Waals surface area contributed by atoms with Crippen LogP contribution in [0.15, 0.2) is 60.8 Å². The van der Waals surface area contributed by atoms with E-state index in [9.17, 15) is 4.79 Å². The summed E-state index contributed by atoms with van der Waals surface area (Å²) >= 11 is 5.80. The van der Waals surface area contributed by atoms with Gasteiger partial charge in [0.15, 0.2) is 0 Å². The van der Waals surface area contributed by atoms with E-state index in [0.717, 1.165) is 27.2 Å². The molecule has 0 aliphatic carbocycles. The van der Waals surface area contributed by atoms with E-state index < -0.39 is 0 Å². The molecule has 0 saturated heterocycles. The number of halogens is 1. The van der Waals surface area contributed by atoms with Crippen molar-refractivity contribution in [1.29, 1.82) is 0 Å². The average molecular weight is 350 g/mol. The fraction of sp³-hybridized carbons (Fsp3) is 0.100. The molecule has 4 rings (SSSR count). The smallest absolute Gasteiger partial charge is 0.270 e. The van der Waals surface area contributed by atoms with Crippen LogP contribution in [0.2, 0.25) is 5.15 Å². The van der Waals surface area contributed by atoms with Gasteiger partial charge in [0.2, 0.25) is 0 Å². The number of nitrogens with zero attached hydrogens (tertiary/aromatic N) is 2. The molecule has 1 amide bonds. The predicted octanol–water partition coefficient (Wildman–Crippen LogP) is 4.64. The molecule has 0 saturated carbocycles. The molecule has 1 N–H and O–H groups in total. The van der Waals surface area contributed by atoms with Crippen LogP contribution < -0.4 is 0 Å². The minimum absolute atomic E-state index is 0.0600. The van der Waals surface area contributed by atoms with Crippen molar-refractivity contribution in [2.45, 2.75) is 6.54 Å². The molecular formula is C20H16ClN3O. The molecule has 0 spiro atoms. The Morgan fingerprint density at radius 2 is 1.96 bits per heavy atom. The Labute approximate surface area is 150 Å². The van der Waals surface area contributed by atoms with Crippen LogP contribution in [0.1, 0.15) is 16.1 Å². The Balaban J connectivity index is 1.65. The van der Waals surface area contributed by atoms with E-state index in [4.69, 9.17) is 11.6 Å². The third-order valence-electron chi connectivity index (χ3n) is 4.31. The van der Waals surface area contributed by atoms with Crippen molar-refractivity contribution in [1.82, 2.24) is 14.9 Å². The van der Waals surface area contributed by atoms with Crippen LogP contribution >= 0.6 is 11.6 Å². The second kappa shape index (κ2) is 6.22. The third kappa shape index (κ3) is 2.96. The maximum atomic E-state index is 12.8. The van der Waals surface area contributed by atoms with Crippen molar-refractivity contribution in [2.75, 3.05) is 7.05 Å². The SMILES string of the molecule is CN(Cc1ccc(Cl)nc1)C(=O)c1cc2c(ccc3ccccc32)[nH]1. The van der Waals surface area contributed by atoms with E-state index in [-0.39, 0.29) is 5.91 Å². The molecule has 0 unspecified atom stereocenters. The van der Waals surface area contributed by atoms with Crippen molar-refractivity contribution in [3.05, 3.63) is 77.2 Å². The van der Waals surface area contributed by atoms with E-state index in [1.54, 1.807) is 24.2 Å². The molecule has 4 aromatic rings. The van der Waals surface area contributed by atoms with Gasteiger partial charge in [0.1, 0.15) is 10.8 Å². The summed E-state index contributed by atoms with van der Waals surface area (Å²) in [6, 6.07) is 17.8. The quantitative estimate of drug-likeness (QED) is 0.548. The molecule has 0 bridgehead atoms. The lowest BCUT2D eigenvalue weighted by Gasteiger charge is -2.16. The van der Waals surface area contributed by atoms with Crippen LogP contribution in [0, 0.1) is 0 Å². The van der Waals surface area contributed by atoms with E-state index in [2.05, 4.69) is 28.2 Å². The fourth-order valence-electron chi connectivity index (χ4n) is 3.05. The largest absolute Gasteiger partial charge is 0.351 e. The molecule has 0 aliphatic heterocycles. The van der Waals surface area contributed by atoms with Gasteiger partial charge in [-0.25, -0.2) is 4.98 Å². The molecule has 0 radical (unpaired) electrons. The van der Waals surface area contributed by atoms with Gasteiger partial charge in [0.05, 0.1) is 0 Å². The van der Waals surface area contributed by atoms with Crippen LogP contribution in [-0.4, -0.2) is 27.8 Å². The maximum Gasteiger partial charge on any atom is 0.270 e. The van der Waals surface area contributed by atoms with E-state index >= 15 is 0 Å². The third-order valence-corrected chi connectivity index (χ3v) is 4.54. The Hall–Kier alpha value is -2.85. The molecule has 2 aromatic carbocycles. The number of pyridine rings is 1. The first kappa shape index (κ1) is 15.7. The van der Waals surface area contributed by atoms with Crippen LogP contribution in [0.4, 0.5) is 0 Å². The first-order valence-electron chi connectivity index (χ1n) is 7.98. The monoisotopic (exact) mass is 349 g/mol. The summed E-state index contributed by atoms with van der Waals surface area (Å²) in [4.78, 5) is 21.7. The van der Waals surface area contributed by atoms with E-state index in [1.165, 1.54) is 0 Å². The summed E-state index contributed by atoms with van der Waals surface area (Å²) in [6.45, 7) is 0.471. The van der Waals surface area contributed by atoms with Gasteiger partial charge in [-0.1, -0.05) is 48.0 Å². The Morgan fingerprint density at radius 3 is 2.76 bits per heavy atom. The number of H-pyrrole nitrogens is 1. The van der Waals surface area contributed by atoms with Gasteiger partial charge in [-0.3, -0.25) is 4.79 Å². The normalized spacial score (nSPS) is 11.1. The number of hydrogen-bond acceptors (Lipinski definition) is 2. The highest BCUT2D eigenvalue weighted by Crippen LogP contribution is 2.26. The number of aromatic amines is 1. The number of benzene rings is 2. The molecule has 124 valence electrons. The average Bonchev–Trinajstić information content (AvgIpc) is 3.07. The van der Waals surface area contributed by atoms with Crippen LogP contribution in [0.3, 0.4) is 0 Å². The van der Waals surface area contributed by atoms with Gasteiger partial charge in [0, 0.05) is 30.7 Å². The number of hydrogen-bond donors (Lipinski definition) is 1. The highest BCUT2D eigenvalue weighted by atomic mass is 35.5. The lowest BCUT2D eigenvalue weighted by Crippen LogP contribution is -2.26. The van der Waals surface area contributed by atoms with Crippen LogP contribution in [-0.2, 0) is 6.54 Å². The van der Waals surface area contributed by atoms with Crippen molar-refractivity contribution >= 4 is 39.2 Å². The zero-order chi connectivity index (χ0) is 17.4. The van der Waals surface area contributed by atoms with Crippen LogP contribution in [0.5, 0.6) is 0 Å². The Bertz CT molecular complexity index is 1070. The Morgan fingerprint density at radius 1 is 1.12 bits per heavy atom. The van der Waals surface area contributed by atoms with E-state index in [0.29, 0.717) is 17.4 Å². The lowest BCUT2D eigenvalue weighted by molar-refractivity contribution is 0.0780. The molecule has 0 aliphatic rings. The van der Waals surface area contributed by atoms with Gasteiger partial charge >= 0.3 is 0 Å². The molecule has 2 aromatic heterocycles. The second-order valence-electron chi connectivity index (χ2n) is 6.08. The number of fused-ring (bicyclic) bond motifs is 3. The first-order valence-corrected chi connectivity index (χ1v) is 8.36. The predicted molar refractivity (Wildman–Crippen MR) is 101 cm³/mol. The van der Waals surface area contributed by atoms with Gasteiger partial charge in [-0.2, -0.15) is 0 Å². The van der Waals surface area contributed by atoms with Crippen LogP contribution in [0.25, 0.3) is 21.7 Å². The van der Waals surface area contributed by atoms with Crippen molar-refractivity contribution in [2.24, 2.45) is 0 Å². The zero-order valence-electron chi connectivity index (χ0n) is 13.7. The molecule has 0 fully saturated rings. The second-order valence-corrected chi connectivity index (χ2v) is 6.47. The topological polar surface area (TPSA) is 49.0 Å². The summed E-state index contributed by atoms with van der Waals surface area (Å²) in [6.07, 6.45) is 1.69. The number of carbonyl (C=O) groups excluding carboxylic acids is 1. The lowest BCUT2D eigenvalue weighted by atomic mass is 10.1. The number of aromatic nitrogens is 2. The highest BCUT2D eigenvalue weighted by molar-refractivity contribution is 6.29. The Kier molecular flexibility index (Phi) is 3.90.